The molecule has 0 aliphatic carbocycles. The van der Waals surface area contributed by atoms with Crippen LogP contribution in [0.3, 0.4) is 0 Å². The van der Waals surface area contributed by atoms with E-state index in [0.717, 1.165) is 70.1 Å². The zero-order valence-electron chi connectivity index (χ0n) is 24.1. The number of hydrogen-bond acceptors (Lipinski definition) is 6. The first-order valence-corrected chi connectivity index (χ1v) is 15.9. The Morgan fingerprint density at radius 2 is 1.14 bits per heavy atom. The Morgan fingerprint density at radius 1 is 0.694 bits per heavy atom. The van der Waals surface area contributed by atoms with E-state index in [1.165, 1.54) is 51.4 Å². The van der Waals surface area contributed by atoms with Gasteiger partial charge in [0.05, 0.1) is 12.7 Å². The maximum Gasteiger partial charge on any atom is 1.00 e. The second-order valence-electron chi connectivity index (χ2n) is 10.5. The van der Waals surface area contributed by atoms with E-state index in [4.69, 9.17) is 8.92 Å². The Bertz CT molecular complexity index is 583. The van der Waals surface area contributed by atoms with Crippen molar-refractivity contribution in [2.75, 3.05) is 6.61 Å². The van der Waals surface area contributed by atoms with Crippen molar-refractivity contribution in [3.8, 4) is 0 Å². The molecule has 0 aromatic heterocycles. The van der Waals surface area contributed by atoms with Crippen molar-refractivity contribution >= 4 is 16.4 Å². The van der Waals surface area contributed by atoms with Gasteiger partial charge < -0.3 is 9.29 Å². The molecule has 0 heterocycles. The van der Waals surface area contributed by atoms with Crippen LogP contribution in [0.25, 0.3) is 0 Å². The first-order valence-electron chi connectivity index (χ1n) is 14.5. The summed E-state index contributed by atoms with van der Waals surface area (Å²) in [6, 6.07) is 0. The molecule has 0 aliphatic rings. The summed E-state index contributed by atoms with van der Waals surface area (Å²) in [4.78, 5) is 11.8. The van der Waals surface area contributed by atoms with E-state index in [2.05, 4.69) is 20.8 Å². The molecule has 0 aromatic rings. The molecule has 0 aromatic carbocycles. The fourth-order valence-corrected chi connectivity index (χ4v) is 4.88. The van der Waals surface area contributed by atoms with Crippen molar-refractivity contribution < 1.29 is 56.2 Å². The third kappa shape index (κ3) is 30.6. The maximum absolute atomic E-state index is 11.8. The second kappa shape index (κ2) is 26.9. The van der Waals surface area contributed by atoms with Gasteiger partial charge in [-0.15, -0.1) is 0 Å². The summed E-state index contributed by atoms with van der Waals surface area (Å²) in [6.07, 6.45) is 20.9. The molecular weight excluding hydrogens is 487 g/mol. The average molecular weight is 543 g/mol. The van der Waals surface area contributed by atoms with E-state index < -0.39 is 16.5 Å². The van der Waals surface area contributed by atoms with Crippen molar-refractivity contribution in [1.29, 1.82) is 0 Å². The molecule has 36 heavy (non-hydrogen) atoms. The summed E-state index contributed by atoms with van der Waals surface area (Å²) in [7, 11) is -4.66. The van der Waals surface area contributed by atoms with Crippen LogP contribution in [0, 0.1) is 5.92 Å². The van der Waals surface area contributed by atoms with Crippen LogP contribution in [0.5, 0.6) is 0 Å². The van der Waals surface area contributed by atoms with Crippen LogP contribution >= 0.6 is 0 Å². The van der Waals surface area contributed by atoms with Gasteiger partial charge in [-0.25, -0.2) is 8.42 Å². The van der Waals surface area contributed by atoms with Crippen LogP contribution in [0.4, 0.5) is 0 Å². The van der Waals surface area contributed by atoms with Gasteiger partial charge in [-0.3, -0.25) is 8.98 Å². The number of hydrogen-bond donors (Lipinski definition) is 0. The van der Waals surface area contributed by atoms with E-state index in [-0.39, 0.29) is 35.5 Å². The summed E-state index contributed by atoms with van der Waals surface area (Å²) < 4.78 is 43.2. The van der Waals surface area contributed by atoms with Crippen LogP contribution in [0.2, 0.25) is 0 Å². The first kappa shape index (κ1) is 38.5. The smallest absolute Gasteiger partial charge is 0.726 e. The molecule has 0 spiro atoms. The average Bonchev–Trinajstić information content (AvgIpc) is 2.78. The van der Waals surface area contributed by atoms with Gasteiger partial charge in [0.15, 0.2) is 0 Å². The molecule has 0 saturated heterocycles. The quantitative estimate of drug-likeness (QED) is 0.0487. The van der Waals surface area contributed by atoms with Gasteiger partial charge in [-0.1, -0.05) is 124 Å². The molecule has 0 bridgehead atoms. The maximum atomic E-state index is 11.8. The molecule has 0 radical (unpaired) electrons. The summed E-state index contributed by atoms with van der Waals surface area (Å²) in [5.74, 6) is 0.679. The Hall–Kier alpha value is 0.340. The largest absolute Gasteiger partial charge is 1.00 e. The summed E-state index contributed by atoms with van der Waals surface area (Å²) in [5, 5.41) is 0. The van der Waals surface area contributed by atoms with Crippen molar-refractivity contribution in [3.63, 3.8) is 0 Å². The predicted octanol–water partition coefficient (Wildman–Crippen LogP) is 5.25. The molecule has 210 valence electrons. The monoisotopic (exact) mass is 542 g/mol. The zero-order valence-corrected chi connectivity index (χ0v) is 26.9. The van der Waals surface area contributed by atoms with Crippen molar-refractivity contribution in [2.45, 2.75) is 162 Å². The van der Waals surface area contributed by atoms with Gasteiger partial charge in [-0.2, -0.15) is 0 Å². The normalized spacial score (nSPS) is 12.5. The number of ether oxygens (including phenoxy) is 1. The molecule has 0 aliphatic heterocycles. The van der Waals surface area contributed by atoms with Crippen molar-refractivity contribution in [2.24, 2.45) is 5.92 Å². The Balaban J connectivity index is 0. The first-order chi connectivity index (χ1) is 16.7. The van der Waals surface area contributed by atoms with Crippen molar-refractivity contribution in [1.82, 2.24) is 0 Å². The van der Waals surface area contributed by atoms with Crippen LogP contribution in [-0.2, 0) is 24.1 Å². The Morgan fingerprint density at radius 3 is 1.64 bits per heavy atom. The van der Waals surface area contributed by atoms with Gasteiger partial charge in [0, 0.05) is 6.42 Å². The zero-order chi connectivity index (χ0) is 26.2. The standard InChI is InChI=1S/C28H56O6S.Na/c1-4-5-6-7-8-12-17-22-27(34-35(30,31)32)23-18-13-9-14-19-24-28(29)33-25-20-15-10-11-16-21-26(2)3;/h26-27H,4-25H2,1-3H3,(H,30,31,32);/q;+1/p-1. The van der Waals surface area contributed by atoms with Gasteiger partial charge in [0.2, 0.25) is 10.4 Å². The Labute approximate surface area is 245 Å². The Kier molecular flexibility index (Phi) is 28.8. The van der Waals surface area contributed by atoms with E-state index in [0.29, 0.717) is 25.9 Å². The summed E-state index contributed by atoms with van der Waals surface area (Å²) in [6.45, 7) is 7.24. The number of esters is 1. The topological polar surface area (TPSA) is 92.7 Å². The third-order valence-electron chi connectivity index (χ3n) is 6.48. The van der Waals surface area contributed by atoms with Gasteiger partial charge >= 0.3 is 35.5 Å². The minimum atomic E-state index is -4.66. The minimum absolute atomic E-state index is 0. The number of carbonyl (C=O) groups excluding carboxylic acids is 1. The molecule has 0 fully saturated rings. The fraction of sp³-hybridized carbons (Fsp3) is 0.964. The van der Waals surface area contributed by atoms with Crippen LogP contribution in [-0.4, -0.2) is 31.7 Å². The molecule has 0 rings (SSSR count). The van der Waals surface area contributed by atoms with Gasteiger partial charge in [0.25, 0.3) is 0 Å². The molecule has 1 unspecified atom stereocenters. The molecular formula is C28H55NaO6S. The molecule has 6 nitrogen and oxygen atoms in total. The minimum Gasteiger partial charge on any atom is -0.726 e. The van der Waals surface area contributed by atoms with Gasteiger partial charge in [-0.05, 0) is 31.6 Å². The van der Waals surface area contributed by atoms with Gasteiger partial charge in [0.1, 0.15) is 0 Å². The van der Waals surface area contributed by atoms with Crippen LogP contribution < -0.4 is 29.6 Å². The fourth-order valence-electron chi connectivity index (χ4n) is 4.35. The molecule has 8 heteroatoms. The van der Waals surface area contributed by atoms with Crippen LogP contribution in [0.15, 0.2) is 0 Å². The second-order valence-corrected chi connectivity index (χ2v) is 11.5. The predicted molar refractivity (Wildman–Crippen MR) is 143 cm³/mol. The van der Waals surface area contributed by atoms with E-state index in [9.17, 15) is 17.8 Å². The summed E-state index contributed by atoms with van der Waals surface area (Å²) >= 11 is 0. The van der Waals surface area contributed by atoms with E-state index in [1.807, 2.05) is 0 Å². The van der Waals surface area contributed by atoms with E-state index in [1.54, 1.807) is 0 Å². The molecule has 0 saturated carbocycles. The third-order valence-corrected chi connectivity index (χ3v) is 6.99. The molecule has 1 atom stereocenters. The van der Waals surface area contributed by atoms with E-state index >= 15 is 0 Å². The molecule has 0 N–H and O–H groups in total. The summed E-state index contributed by atoms with van der Waals surface area (Å²) in [5.41, 5.74) is 0. The van der Waals surface area contributed by atoms with Crippen molar-refractivity contribution in [3.05, 3.63) is 0 Å². The number of carbonyl (C=O) groups is 1. The SMILES string of the molecule is CCCCCCCCCC(CCCCCCCC(=O)OCCCCCCCC(C)C)OS(=O)(=O)[O-].[Na+]. The molecule has 0 amide bonds. The number of unbranched alkanes of at least 4 members (excludes halogenated alkanes) is 14. The van der Waals surface area contributed by atoms with Crippen LogP contribution in [0.1, 0.15) is 156 Å². The number of rotatable bonds is 26.